The quantitative estimate of drug-likeness (QED) is 0.640. The molecule has 2 aromatic rings. The molecule has 2 atom stereocenters. The van der Waals surface area contributed by atoms with Gasteiger partial charge in [-0.1, -0.05) is 18.2 Å². The molecule has 0 spiro atoms. The summed E-state index contributed by atoms with van der Waals surface area (Å²) in [6.45, 7) is 0. The van der Waals surface area contributed by atoms with Crippen LogP contribution >= 0.6 is 0 Å². The molecule has 2 N–H and O–H groups in total. The summed E-state index contributed by atoms with van der Waals surface area (Å²) in [4.78, 5) is 27.1. The number of nitrogens with zero attached hydrogens (tertiary/aromatic N) is 1. The highest BCUT2D eigenvalue weighted by atomic mass is 16.6. The van der Waals surface area contributed by atoms with Gasteiger partial charge in [-0.15, -0.1) is 0 Å². The van der Waals surface area contributed by atoms with Crippen LogP contribution in [0.25, 0.3) is 10.8 Å². The van der Waals surface area contributed by atoms with Crippen molar-refractivity contribution in [1.82, 2.24) is 4.98 Å². The van der Waals surface area contributed by atoms with Crippen LogP contribution in [0.4, 0.5) is 0 Å². The molecule has 20 heavy (non-hydrogen) atoms. The van der Waals surface area contributed by atoms with Crippen LogP contribution < -0.4 is 9.47 Å². The highest BCUT2D eigenvalue weighted by Gasteiger charge is 2.35. The zero-order valence-electron chi connectivity index (χ0n) is 10.0. The lowest BCUT2D eigenvalue weighted by molar-refractivity contribution is -0.161. The standard InChI is InChI=1S/C13H9NO6/c15-9-10(16)13(18)20-11-7-4-2-1-3-6(7)5-8(14-11)19-12(9)17/h1-5,9-10,15-16H. The zero-order valence-corrected chi connectivity index (χ0v) is 10.0. The molecule has 0 fully saturated rings. The molecule has 0 saturated carbocycles. The number of fused-ring (bicyclic) bond motifs is 4. The lowest BCUT2D eigenvalue weighted by Gasteiger charge is -2.12. The van der Waals surface area contributed by atoms with Crippen LogP contribution in [0.3, 0.4) is 0 Å². The molecule has 3 rings (SSSR count). The van der Waals surface area contributed by atoms with E-state index in [1.807, 2.05) is 0 Å². The van der Waals surface area contributed by atoms with Crippen LogP contribution in [0.15, 0.2) is 30.3 Å². The lowest BCUT2D eigenvalue weighted by Crippen LogP contribution is -2.43. The van der Waals surface area contributed by atoms with Crippen LogP contribution in [-0.4, -0.2) is 39.3 Å². The molecule has 1 aromatic carbocycles. The smallest absolute Gasteiger partial charge is 0.345 e. The van der Waals surface area contributed by atoms with Crippen molar-refractivity contribution in [2.75, 3.05) is 0 Å². The number of aliphatic hydroxyl groups is 2. The summed E-state index contributed by atoms with van der Waals surface area (Å²) < 4.78 is 9.75. The molecular weight excluding hydrogens is 266 g/mol. The first-order valence-electron chi connectivity index (χ1n) is 5.75. The Labute approximate surface area is 112 Å². The predicted molar refractivity (Wildman–Crippen MR) is 65.0 cm³/mol. The van der Waals surface area contributed by atoms with Crippen LogP contribution in [-0.2, 0) is 9.59 Å². The summed E-state index contributed by atoms with van der Waals surface area (Å²) in [6.07, 6.45) is -4.06. The normalized spacial score (nSPS) is 22.5. The maximum atomic E-state index is 11.6. The molecule has 2 heterocycles. The van der Waals surface area contributed by atoms with Gasteiger partial charge in [-0.05, 0) is 11.5 Å². The number of hydrogen-bond acceptors (Lipinski definition) is 7. The van der Waals surface area contributed by atoms with Gasteiger partial charge in [0.2, 0.25) is 11.8 Å². The second kappa shape index (κ2) is 4.55. The average molecular weight is 275 g/mol. The number of carbonyl (C=O) groups is 2. The minimum absolute atomic E-state index is 0.0935. The molecule has 0 saturated heterocycles. The van der Waals surface area contributed by atoms with Gasteiger partial charge in [-0.3, -0.25) is 0 Å². The Bertz CT molecular complexity index is 713. The maximum absolute atomic E-state index is 11.6. The van der Waals surface area contributed by atoms with Crippen LogP contribution in [0, 0.1) is 0 Å². The van der Waals surface area contributed by atoms with Crippen molar-refractivity contribution in [2.24, 2.45) is 0 Å². The first-order valence-corrected chi connectivity index (χ1v) is 5.75. The highest BCUT2D eigenvalue weighted by Crippen LogP contribution is 2.29. The largest absolute Gasteiger partial charge is 0.405 e. The average Bonchev–Trinajstić information content (AvgIpc) is 2.47. The fourth-order valence-corrected chi connectivity index (χ4v) is 1.85. The molecule has 2 unspecified atom stereocenters. The predicted octanol–water partition coefficient (Wildman–Crippen LogP) is -0.219. The van der Waals surface area contributed by atoms with Gasteiger partial charge < -0.3 is 19.7 Å². The van der Waals surface area contributed by atoms with Gasteiger partial charge in [-0.2, -0.15) is 4.98 Å². The van der Waals surface area contributed by atoms with Crippen molar-refractivity contribution < 1.29 is 29.3 Å². The Morgan fingerprint density at radius 2 is 1.65 bits per heavy atom. The number of hydrogen-bond donors (Lipinski definition) is 2. The summed E-state index contributed by atoms with van der Waals surface area (Å²) in [7, 11) is 0. The van der Waals surface area contributed by atoms with E-state index in [2.05, 4.69) is 4.98 Å². The first-order chi connectivity index (χ1) is 9.56. The monoisotopic (exact) mass is 275 g/mol. The van der Waals surface area contributed by atoms with Gasteiger partial charge in [0.1, 0.15) is 0 Å². The Kier molecular flexibility index (Phi) is 2.85. The van der Waals surface area contributed by atoms with E-state index in [0.29, 0.717) is 10.8 Å². The van der Waals surface area contributed by atoms with Crippen LogP contribution in [0.1, 0.15) is 0 Å². The fraction of sp³-hybridized carbons (Fsp3) is 0.154. The van der Waals surface area contributed by atoms with Crippen molar-refractivity contribution in [3.05, 3.63) is 30.3 Å². The third kappa shape index (κ3) is 1.98. The van der Waals surface area contributed by atoms with Gasteiger partial charge in [0.25, 0.3) is 0 Å². The topological polar surface area (TPSA) is 106 Å². The molecule has 1 aromatic heterocycles. The maximum Gasteiger partial charge on any atom is 0.345 e. The highest BCUT2D eigenvalue weighted by molar-refractivity contribution is 5.93. The van der Waals surface area contributed by atoms with Crippen molar-refractivity contribution in [3.63, 3.8) is 0 Å². The van der Waals surface area contributed by atoms with Crippen LogP contribution in [0.2, 0.25) is 0 Å². The molecule has 2 bridgehead atoms. The molecule has 0 aliphatic carbocycles. The molecular formula is C13H9NO6. The van der Waals surface area contributed by atoms with E-state index in [9.17, 15) is 19.8 Å². The fourth-order valence-electron chi connectivity index (χ4n) is 1.85. The first kappa shape index (κ1) is 12.5. The zero-order chi connectivity index (χ0) is 14.3. The summed E-state index contributed by atoms with van der Waals surface area (Å²) in [5.41, 5.74) is 0. The number of carbonyl (C=O) groups excluding carboxylic acids is 2. The van der Waals surface area contributed by atoms with E-state index in [1.165, 1.54) is 6.07 Å². The number of benzene rings is 1. The number of ether oxygens (including phenoxy) is 2. The molecule has 1 aliphatic rings. The van der Waals surface area contributed by atoms with E-state index in [-0.39, 0.29) is 11.8 Å². The van der Waals surface area contributed by atoms with Gasteiger partial charge >= 0.3 is 11.9 Å². The number of rotatable bonds is 0. The third-order valence-electron chi connectivity index (χ3n) is 2.87. The van der Waals surface area contributed by atoms with Crippen LogP contribution in [0.5, 0.6) is 11.8 Å². The second-order valence-corrected chi connectivity index (χ2v) is 4.22. The number of pyridine rings is 1. The number of aliphatic hydroxyl groups excluding tert-OH is 2. The Morgan fingerprint density at radius 3 is 2.40 bits per heavy atom. The van der Waals surface area contributed by atoms with E-state index in [0.717, 1.165) is 0 Å². The van der Waals surface area contributed by atoms with Crippen molar-refractivity contribution in [2.45, 2.75) is 12.2 Å². The summed E-state index contributed by atoms with van der Waals surface area (Å²) in [5, 5.41) is 20.2. The van der Waals surface area contributed by atoms with Crippen molar-refractivity contribution in [3.8, 4) is 11.8 Å². The molecule has 0 amide bonds. The minimum Gasteiger partial charge on any atom is -0.405 e. The van der Waals surface area contributed by atoms with Gasteiger partial charge in [0, 0.05) is 11.5 Å². The number of esters is 2. The van der Waals surface area contributed by atoms with Gasteiger partial charge in [-0.25, -0.2) is 9.59 Å². The summed E-state index contributed by atoms with van der Waals surface area (Å²) in [5.74, 6) is -2.56. The van der Waals surface area contributed by atoms with Crippen molar-refractivity contribution >= 4 is 22.7 Å². The summed E-state index contributed by atoms with van der Waals surface area (Å²) >= 11 is 0. The Hall–Kier alpha value is -2.51. The van der Waals surface area contributed by atoms with E-state index in [4.69, 9.17) is 9.47 Å². The molecule has 0 radical (unpaired) electrons. The van der Waals surface area contributed by atoms with E-state index >= 15 is 0 Å². The number of aromatic nitrogens is 1. The second-order valence-electron chi connectivity index (χ2n) is 4.22. The van der Waals surface area contributed by atoms with E-state index < -0.39 is 24.1 Å². The van der Waals surface area contributed by atoms with Gasteiger partial charge in [0.05, 0.1) is 0 Å². The van der Waals surface area contributed by atoms with Crippen molar-refractivity contribution in [1.29, 1.82) is 0 Å². The van der Waals surface area contributed by atoms with E-state index in [1.54, 1.807) is 24.3 Å². The molecule has 102 valence electrons. The Morgan fingerprint density at radius 1 is 1.00 bits per heavy atom. The SMILES string of the molecule is O=C1Oc2cc3ccccc3c(n2)OC(=O)C(O)C1O. The van der Waals surface area contributed by atoms with Gasteiger partial charge in [0.15, 0.2) is 12.2 Å². The minimum atomic E-state index is -2.03. The molecule has 1 aliphatic heterocycles. The lowest BCUT2D eigenvalue weighted by atomic mass is 10.2. The molecule has 7 nitrogen and oxygen atoms in total. The third-order valence-corrected chi connectivity index (χ3v) is 2.87. The summed E-state index contributed by atoms with van der Waals surface area (Å²) in [6, 6.07) is 8.32. The molecule has 7 heteroatoms. The Balaban J connectivity index is 2.20.